The molecule has 3 fully saturated rings. The van der Waals surface area contributed by atoms with E-state index in [1.807, 2.05) is 41.0 Å². The molecule has 0 bridgehead atoms. The third kappa shape index (κ3) is 2.47. The summed E-state index contributed by atoms with van der Waals surface area (Å²) in [5.74, 6) is 0.139. The fraction of sp³-hybridized carbons (Fsp3) is 0.429. The molecule has 3 aliphatic heterocycles. The predicted octanol–water partition coefficient (Wildman–Crippen LogP) is 3.29. The molecule has 3 aliphatic rings. The van der Waals surface area contributed by atoms with Gasteiger partial charge in [0.1, 0.15) is 0 Å². The number of carbonyl (C=O) groups is 2. The zero-order valence-corrected chi connectivity index (χ0v) is 16.1. The summed E-state index contributed by atoms with van der Waals surface area (Å²) in [6.45, 7) is 4.10. The molecule has 0 radical (unpaired) electrons. The van der Waals surface area contributed by atoms with E-state index in [4.69, 9.17) is 4.74 Å². The minimum absolute atomic E-state index is 0.0241. The Kier molecular flexibility index (Phi) is 3.88. The van der Waals surface area contributed by atoms with Crippen molar-refractivity contribution in [1.82, 2.24) is 9.80 Å². The van der Waals surface area contributed by atoms with Gasteiger partial charge in [-0.3, -0.25) is 9.59 Å². The largest absolute Gasteiger partial charge is 0.353 e. The maximum atomic E-state index is 13.3. The van der Waals surface area contributed by atoms with Crippen LogP contribution < -0.4 is 0 Å². The number of ether oxygens (including phenoxy) is 1. The standard InChI is InChI=1S/C21H22N2O3S/c1-14-12-16(27-19(14)15-6-3-2-4-7-15)20(25)22-10-8-21-17(22)13-18(24)23(21)9-5-11-26-21/h2-4,6-7,12,17H,5,8-11,13H2,1H3/t17-,21+/m1/s1. The molecule has 1 spiro atoms. The van der Waals surface area contributed by atoms with Gasteiger partial charge in [0.2, 0.25) is 5.91 Å². The highest BCUT2D eigenvalue weighted by Crippen LogP contribution is 2.46. The number of rotatable bonds is 2. The van der Waals surface area contributed by atoms with Gasteiger partial charge in [-0.2, -0.15) is 0 Å². The molecule has 140 valence electrons. The van der Waals surface area contributed by atoms with E-state index in [2.05, 4.69) is 12.1 Å². The molecule has 4 heterocycles. The fourth-order valence-corrected chi connectivity index (χ4v) is 5.93. The first-order chi connectivity index (χ1) is 13.1. The number of hydrogen-bond donors (Lipinski definition) is 0. The Hall–Kier alpha value is -2.18. The second-order valence-corrected chi connectivity index (χ2v) is 8.60. The minimum atomic E-state index is -0.584. The van der Waals surface area contributed by atoms with Crippen LogP contribution in [0.3, 0.4) is 0 Å². The van der Waals surface area contributed by atoms with Crippen molar-refractivity contribution >= 4 is 23.2 Å². The van der Waals surface area contributed by atoms with Crippen LogP contribution in [-0.4, -0.2) is 53.1 Å². The van der Waals surface area contributed by atoms with Gasteiger partial charge in [-0.15, -0.1) is 11.3 Å². The summed E-state index contributed by atoms with van der Waals surface area (Å²) in [5, 5.41) is 0. The van der Waals surface area contributed by atoms with Gasteiger partial charge in [0.25, 0.3) is 5.91 Å². The van der Waals surface area contributed by atoms with E-state index in [0.717, 1.165) is 33.8 Å². The second-order valence-electron chi connectivity index (χ2n) is 7.55. The lowest BCUT2D eigenvalue weighted by atomic mass is 10.0. The molecule has 27 heavy (non-hydrogen) atoms. The summed E-state index contributed by atoms with van der Waals surface area (Å²) < 4.78 is 6.11. The van der Waals surface area contributed by atoms with Gasteiger partial charge in [0.05, 0.1) is 23.9 Å². The molecule has 0 N–H and O–H groups in total. The topological polar surface area (TPSA) is 49.9 Å². The maximum absolute atomic E-state index is 13.3. The molecule has 5 nitrogen and oxygen atoms in total. The summed E-state index contributed by atoms with van der Waals surface area (Å²) in [7, 11) is 0. The number of carbonyl (C=O) groups excluding carboxylic acids is 2. The molecular formula is C21H22N2O3S. The summed E-state index contributed by atoms with van der Waals surface area (Å²) in [6.07, 6.45) is 1.96. The van der Waals surface area contributed by atoms with Gasteiger partial charge in [0.15, 0.2) is 5.72 Å². The molecule has 2 atom stereocenters. The quantitative estimate of drug-likeness (QED) is 0.801. The van der Waals surface area contributed by atoms with E-state index in [0.29, 0.717) is 26.0 Å². The number of benzene rings is 1. The summed E-state index contributed by atoms with van der Waals surface area (Å²) in [4.78, 5) is 31.4. The Balaban J connectivity index is 1.45. The van der Waals surface area contributed by atoms with Crippen molar-refractivity contribution in [2.24, 2.45) is 0 Å². The Morgan fingerprint density at radius 2 is 2.07 bits per heavy atom. The van der Waals surface area contributed by atoms with Crippen molar-refractivity contribution < 1.29 is 14.3 Å². The Labute approximate surface area is 162 Å². The van der Waals surface area contributed by atoms with Crippen LogP contribution in [0.15, 0.2) is 36.4 Å². The van der Waals surface area contributed by atoms with Crippen LogP contribution in [0, 0.1) is 6.92 Å². The predicted molar refractivity (Wildman–Crippen MR) is 104 cm³/mol. The van der Waals surface area contributed by atoms with E-state index in [1.165, 1.54) is 11.3 Å². The van der Waals surface area contributed by atoms with Gasteiger partial charge in [0, 0.05) is 24.4 Å². The van der Waals surface area contributed by atoms with Crippen molar-refractivity contribution in [2.45, 2.75) is 38.0 Å². The highest BCUT2D eigenvalue weighted by Gasteiger charge is 2.61. The van der Waals surface area contributed by atoms with E-state index < -0.39 is 5.72 Å². The lowest BCUT2D eigenvalue weighted by Crippen LogP contribution is -2.56. The number of nitrogens with zero attached hydrogens (tertiary/aromatic N) is 2. The van der Waals surface area contributed by atoms with Gasteiger partial charge < -0.3 is 14.5 Å². The molecule has 3 saturated heterocycles. The summed E-state index contributed by atoms with van der Waals surface area (Å²) in [5.41, 5.74) is 1.66. The fourth-order valence-electron chi connectivity index (χ4n) is 4.80. The summed E-state index contributed by atoms with van der Waals surface area (Å²) in [6, 6.07) is 12.0. The molecule has 0 unspecified atom stereocenters. The first-order valence-electron chi connectivity index (χ1n) is 9.51. The van der Waals surface area contributed by atoms with Gasteiger partial charge in [-0.25, -0.2) is 0 Å². The Morgan fingerprint density at radius 3 is 2.89 bits per heavy atom. The van der Waals surface area contributed by atoms with Crippen molar-refractivity contribution in [1.29, 1.82) is 0 Å². The van der Waals surface area contributed by atoms with Crippen LogP contribution in [0.4, 0.5) is 0 Å². The number of hydrogen-bond acceptors (Lipinski definition) is 4. The first kappa shape index (κ1) is 17.0. The van der Waals surface area contributed by atoms with Crippen LogP contribution in [0.25, 0.3) is 10.4 Å². The SMILES string of the molecule is Cc1cc(C(=O)N2CC[C@@]34OCCCN3C(=O)C[C@@H]24)sc1-c1ccccc1. The first-order valence-corrected chi connectivity index (χ1v) is 10.3. The van der Waals surface area contributed by atoms with Gasteiger partial charge in [-0.05, 0) is 30.5 Å². The molecule has 1 aromatic carbocycles. The summed E-state index contributed by atoms with van der Waals surface area (Å²) >= 11 is 1.54. The van der Waals surface area contributed by atoms with Crippen LogP contribution in [0.1, 0.15) is 34.5 Å². The number of aryl methyl sites for hydroxylation is 1. The molecule has 5 rings (SSSR count). The molecule has 2 amide bonds. The normalized spacial score (nSPS) is 27.0. The highest BCUT2D eigenvalue weighted by molar-refractivity contribution is 7.17. The lowest BCUT2D eigenvalue weighted by molar-refractivity contribution is -0.179. The minimum Gasteiger partial charge on any atom is -0.353 e. The molecule has 0 aliphatic carbocycles. The molecular weight excluding hydrogens is 360 g/mol. The molecule has 2 aromatic rings. The average molecular weight is 382 g/mol. The third-order valence-corrected chi connectivity index (χ3v) is 7.31. The van der Waals surface area contributed by atoms with Crippen LogP contribution in [-0.2, 0) is 9.53 Å². The van der Waals surface area contributed by atoms with Crippen molar-refractivity contribution in [3.8, 4) is 10.4 Å². The average Bonchev–Trinajstić information content (AvgIpc) is 3.32. The molecule has 1 aromatic heterocycles. The van der Waals surface area contributed by atoms with Crippen molar-refractivity contribution in [2.75, 3.05) is 19.7 Å². The number of thiophene rings is 1. The van der Waals surface area contributed by atoms with E-state index in [-0.39, 0.29) is 17.9 Å². The van der Waals surface area contributed by atoms with Crippen LogP contribution in [0.2, 0.25) is 0 Å². The zero-order valence-electron chi connectivity index (χ0n) is 15.3. The smallest absolute Gasteiger partial charge is 0.264 e. The lowest BCUT2D eigenvalue weighted by Gasteiger charge is -2.42. The zero-order chi connectivity index (χ0) is 18.6. The Morgan fingerprint density at radius 1 is 1.26 bits per heavy atom. The molecule has 0 saturated carbocycles. The van der Waals surface area contributed by atoms with E-state index in [9.17, 15) is 9.59 Å². The monoisotopic (exact) mass is 382 g/mol. The second kappa shape index (κ2) is 6.17. The van der Waals surface area contributed by atoms with Gasteiger partial charge >= 0.3 is 0 Å². The maximum Gasteiger partial charge on any atom is 0.264 e. The van der Waals surface area contributed by atoms with E-state index >= 15 is 0 Å². The van der Waals surface area contributed by atoms with E-state index in [1.54, 1.807) is 0 Å². The Bertz CT molecular complexity index is 909. The third-order valence-electron chi connectivity index (χ3n) is 6.04. The van der Waals surface area contributed by atoms with Crippen LogP contribution >= 0.6 is 11.3 Å². The molecule has 6 heteroatoms. The van der Waals surface area contributed by atoms with Gasteiger partial charge in [-0.1, -0.05) is 30.3 Å². The van der Waals surface area contributed by atoms with Crippen molar-refractivity contribution in [3.63, 3.8) is 0 Å². The highest BCUT2D eigenvalue weighted by atomic mass is 32.1. The van der Waals surface area contributed by atoms with Crippen LogP contribution in [0.5, 0.6) is 0 Å². The van der Waals surface area contributed by atoms with Crippen molar-refractivity contribution in [3.05, 3.63) is 46.8 Å². The number of amides is 2. The number of likely N-dealkylation sites (tertiary alicyclic amines) is 1.